The molecule has 0 aliphatic rings. The fraction of sp³-hybridized carbons (Fsp3) is 0. The number of nitrogens with one attached hydrogen (secondary N) is 2. The Kier molecular flexibility index (Phi) is 3.03. The van der Waals surface area contributed by atoms with E-state index >= 15 is 0 Å². The van der Waals surface area contributed by atoms with Gasteiger partial charge in [0.1, 0.15) is 0 Å². The third-order valence-electron chi connectivity index (χ3n) is 1.48. The van der Waals surface area contributed by atoms with Gasteiger partial charge in [-0.1, -0.05) is 6.07 Å². The van der Waals surface area contributed by atoms with Gasteiger partial charge in [-0.05, 0) is 18.2 Å². The molecule has 2 amide bonds. The predicted octanol–water partition coefficient (Wildman–Crippen LogP) is 0.895. The molecule has 0 fully saturated rings. The number of hydroxylamine groups is 1. The van der Waals surface area contributed by atoms with Crippen molar-refractivity contribution < 1.29 is 19.9 Å². The number of carbonyl (C=O) groups is 2. The highest BCUT2D eigenvalue weighted by atomic mass is 16.5. The van der Waals surface area contributed by atoms with Crippen molar-refractivity contribution in [1.82, 2.24) is 5.48 Å². The van der Waals surface area contributed by atoms with Crippen LogP contribution in [0.3, 0.4) is 0 Å². The number of carboxylic acid groups (broad SMARTS) is 1. The van der Waals surface area contributed by atoms with E-state index in [-0.39, 0.29) is 11.3 Å². The van der Waals surface area contributed by atoms with Crippen LogP contribution in [0.5, 0.6) is 0 Å². The van der Waals surface area contributed by atoms with Crippen LogP contribution in [0.2, 0.25) is 0 Å². The third-order valence-corrected chi connectivity index (χ3v) is 1.48. The van der Waals surface area contributed by atoms with Gasteiger partial charge in [0.25, 0.3) is 5.91 Å². The van der Waals surface area contributed by atoms with Gasteiger partial charge in [-0.3, -0.25) is 15.3 Å². The molecule has 14 heavy (non-hydrogen) atoms. The second-order valence-corrected chi connectivity index (χ2v) is 2.45. The van der Waals surface area contributed by atoms with Crippen LogP contribution < -0.4 is 10.8 Å². The van der Waals surface area contributed by atoms with Gasteiger partial charge in [-0.2, -0.15) is 0 Å². The van der Waals surface area contributed by atoms with Gasteiger partial charge in [-0.15, -0.1) is 0 Å². The molecule has 0 aliphatic carbocycles. The Morgan fingerprint density at radius 2 is 2.00 bits per heavy atom. The molecule has 0 aliphatic heterocycles. The summed E-state index contributed by atoms with van der Waals surface area (Å²) >= 11 is 0. The lowest BCUT2D eigenvalue weighted by atomic mass is 10.2. The molecular weight excluding hydrogens is 188 g/mol. The van der Waals surface area contributed by atoms with Gasteiger partial charge >= 0.3 is 6.09 Å². The van der Waals surface area contributed by atoms with E-state index in [0.29, 0.717) is 0 Å². The van der Waals surface area contributed by atoms with E-state index in [4.69, 9.17) is 10.3 Å². The quantitative estimate of drug-likeness (QED) is 0.417. The standard InChI is InChI=1S/C8H8N2O4/c11-7(10-14)5-2-1-3-6(4-5)9-8(12)13/h1-4,9,14H,(H,10,11)(H,12,13). The summed E-state index contributed by atoms with van der Waals surface area (Å²) in [6.07, 6.45) is -1.22. The topological polar surface area (TPSA) is 98.7 Å². The summed E-state index contributed by atoms with van der Waals surface area (Å²) in [6, 6.07) is 5.73. The molecule has 0 bridgehead atoms. The minimum atomic E-state index is -1.22. The van der Waals surface area contributed by atoms with Crippen molar-refractivity contribution in [2.75, 3.05) is 5.32 Å². The molecule has 6 nitrogen and oxygen atoms in total. The Labute approximate surface area is 79.1 Å². The Morgan fingerprint density at radius 3 is 2.57 bits per heavy atom. The maximum atomic E-state index is 10.9. The number of hydrogen-bond donors (Lipinski definition) is 4. The number of rotatable bonds is 2. The van der Waals surface area contributed by atoms with E-state index in [0.717, 1.165) is 0 Å². The Bertz CT molecular complexity index is 364. The number of anilines is 1. The van der Waals surface area contributed by atoms with Gasteiger partial charge in [0.15, 0.2) is 0 Å². The summed E-state index contributed by atoms with van der Waals surface area (Å²) in [5, 5.41) is 18.8. The lowest BCUT2D eigenvalue weighted by Crippen LogP contribution is -2.18. The van der Waals surface area contributed by atoms with Gasteiger partial charge in [-0.25, -0.2) is 10.3 Å². The fourth-order valence-electron chi connectivity index (χ4n) is 0.926. The van der Waals surface area contributed by atoms with Gasteiger partial charge < -0.3 is 5.11 Å². The summed E-state index contributed by atoms with van der Waals surface area (Å²) in [7, 11) is 0. The molecule has 6 heteroatoms. The second-order valence-electron chi connectivity index (χ2n) is 2.45. The van der Waals surface area contributed by atoms with Crippen molar-refractivity contribution >= 4 is 17.7 Å². The van der Waals surface area contributed by atoms with Crippen LogP contribution in [0, 0.1) is 0 Å². The lowest BCUT2D eigenvalue weighted by Gasteiger charge is -2.02. The second kappa shape index (κ2) is 4.24. The molecular formula is C8H8N2O4. The van der Waals surface area contributed by atoms with Crippen LogP contribution in [-0.4, -0.2) is 22.3 Å². The van der Waals surface area contributed by atoms with Crippen LogP contribution in [0.25, 0.3) is 0 Å². The number of amides is 2. The normalized spacial score (nSPS) is 9.21. The molecule has 4 N–H and O–H groups in total. The molecule has 1 rings (SSSR count). The van der Waals surface area contributed by atoms with Crippen molar-refractivity contribution in [3.05, 3.63) is 29.8 Å². The minimum Gasteiger partial charge on any atom is -0.465 e. The first kappa shape index (κ1) is 10.0. The van der Waals surface area contributed by atoms with Gasteiger partial charge in [0, 0.05) is 11.3 Å². The highest BCUT2D eigenvalue weighted by molar-refractivity contribution is 5.95. The molecule has 0 radical (unpaired) electrons. The van der Waals surface area contributed by atoms with Crippen molar-refractivity contribution in [1.29, 1.82) is 0 Å². The maximum Gasteiger partial charge on any atom is 0.409 e. The molecule has 1 aromatic carbocycles. The average Bonchev–Trinajstić information content (AvgIpc) is 2.16. The summed E-state index contributed by atoms with van der Waals surface area (Å²) in [6.45, 7) is 0. The third kappa shape index (κ3) is 2.46. The maximum absolute atomic E-state index is 10.9. The van der Waals surface area contributed by atoms with Crippen LogP contribution in [0.15, 0.2) is 24.3 Å². The predicted molar refractivity (Wildman–Crippen MR) is 47.3 cm³/mol. The largest absolute Gasteiger partial charge is 0.465 e. The monoisotopic (exact) mass is 196 g/mol. The highest BCUT2D eigenvalue weighted by Gasteiger charge is 2.05. The molecule has 0 unspecified atom stereocenters. The van der Waals surface area contributed by atoms with E-state index in [9.17, 15) is 9.59 Å². The van der Waals surface area contributed by atoms with Crippen LogP contribution >= 0.6 is 0 Å². The number of benzene rings is 1. The Morgan fingerprint density at radius 1 is 1.29 bits per heavy atom. The zero-order valence-electron chi connectivity index (χ0n) is 7.02. The first-order chi connectivity index (χ1) is 6.63. The Hall–Kier alpha value is -2.08. The zero-order chi connectivity index (χ0) is 10.6. The molecule has 0 heterocycles. The highest BCUT2D eigenvalue weighted by Crippen LogP contribution is 2.10. The fourth-order valence-corrected chi connectivity index (χ4v) is 0.926. The molecule has 0 saturated carbocycles. The van der Waals surface area contributed by atoms with E-state index < -0.39 is 12.0 Å². The van der Waals surface area contributed by atoms with Crippen molar-refractivity contribution in [2.45, 2.75) is 0 Å². The van der Waals surface area contributed by atoms with E-state index in [2.05, 4.69) is 5.32 Å². The van der Waals surface area contributed by atoms with Gasteiger partial charge in [0.05, 0.1) is 0 Å². The Balaban J connectivity index is 2.89. The van der Waals surface area contributed by atoms with Crippen molar-refractivity contribution in [3.63, 3.8) is 0 Å². The van der Waals surface area contributed by atoms with Crippen molar-refractivity contribution in [3.8, 4) is 0 Å². The van der Waals surface area contributed by atoms with Crippen LogP contribution in [0.4, 0.5) is 10.5 Å². The number of hydrogen-bond acceptors (Lipinski definition) is 3. The van der Waals surface area contributed by atoms with Crippen molar-refractivity contribution in [2.24, 2.45) is 0 Å². The van der Waals surface area contributed by atoms with E-state index in [1.165, 1.54) is 29.7 Å². The smallest absolute Gasteiger partial charge is 0.409 e. The average molecular weight is 196 g/mol. The lowest BCUT2D eigenvalue weighted by molar-refractivity contribution is 0.0706. The molecule has 0 atom stereocenters. The first-order valence-electron chi connectivity index (χ1n) is 3.68. The summed E-state index contributed by atoms with van der Waals surface area (Å²) in [5.74, 6) is -0.695. The summed E-state index contributed by atoms with van der Waals surface area (Å²) in [5.41, 5.74) is 1.88. The number of carbonyl (C=O) groups excluding carboxylic acids is 1. The summed E-state index contributed by atoms with van der Waals surface area (Å²) < 4.78 is 0. The first-order valence-corrected chi connectivity index (χ1v) is 3.68. The molecule has 0 spiro atoms. The SMILES string of the molecule is O=C(O)Nc1cccc(C(=O)NO)c1. The zero-order valence-corrected chi connectivity index (χ0v) is 7.02. The molecule has 0 saturated heterocycles. The van der Waals surface area contributed by atoms with E-state index in [1.807, 2.05) is 0 Å². The van der Waals surface area contributed by atoms with Gasteiger partial charge in [0.2, 0.25) is 0 Å². The molecule has 0 aromatic heterocycles. The van der Waals surface area contributed by atoms with E-state index in [1.54, 1.807) is 0 Å². The van der Waals surface area contributed by atoms with Crippen LogP contribution in [-0.2, 0) is 0 Å². The molecule has 1 aromatic rings. The minimum absolute atomic E-state index is 0.166. The van der Waals surface area contributed by atoms with Crippen LogP contribution in [0.1, 0.15) is 10.4 Å². The molecule has 74 valence electrons. The summed E-state index contributed by atoms with van der Waals surface area (Å²) in [4.78, 5) is 21.2.